The summed E-state index contributed by atoms with van der Waals surface area (Å²) in [5, 5.41) is 13.7. The van der Waals surface area contributed by atoms with Crippen molar-refractivity contribution in [3.05, 3.63) is 45.9 Å². The molecule has 3 nitrogen and oxygen atoms in total. The van der Waals surface area contributed by atoms with Crippen molar-refractivity contribution in [1.82, 2.24) is 4.98 Å². The molecular weight excluding hydrogens is 232 g/mol. The third kappa shape index (κ3) is 2.06. The Labute approximate surface area is 104 Å². The molecule has 2 heterocycles. The van der Waals surface area contributed by atoms with Crippen molar-refractivity contribution >= 4 is 17.0 Å². The standard InChI is InChI=1S/C13H14N2OS/c16-12(6-10-7-14-8-17-10)11-3-1-2-9-4-5-15-13(9)11/h1-3,7-8,12,15-16H,4-6H2. The number of aliphatic hydroxyl groups is 1. The first-order valence-corrected chi connectivity index (χ1v) is 6.63. The van der Waals surface area contributed by atoms with Gasteiger partial charge < -0.3 is 10.4 Å². The molecule has 0 bridgehead atoms. The van der Waals surface area contributed by atoms with E-state index in [1.807, 2.05) is 18.3 Å². The molecule has 1 aliphatic heterocycles. The number of aliphatic hydroxyl groups excluding tert-OH is 1. The minimum atomic E-state index is -0.448. The zero-order chi connectivity index (χ0) is 11.7. The molecule has 1 aromatic heterocycles. The number of aromatic nitrogens is 1. The first kappa shape index (κ1) is 10.7. The number of benzene rings is 1. The second kappa shape index (κ2) is 4.47. The maximum absolute atomic E-state index is 10.3. The molecule has 0 radical (unpaired) electrons. The van der Waals surface area contributed by atoms with Gasteiger partial charge in [0.15, 0.2) is 0 Å². The lowest BCUT2D eigenvalue weighted by Gasteiger charge is -2.14. The van der Waals surface area contributed by atoms with Gasteiger partial charge in [-0.2, -0.15) is 0 Å². The second-order valence-electron chi connectivity index (χ2n) is 4.25. The first-order chi connectivity index (χ1) is 8.34. The highest BCUT2D eigenvalue weighted by atomic mass is 32.1. The quantitative estimate of drug-likeness (QED) is 0.874. The van der Waals surface area contributed by atoms with E-state index in [0.717, 1.165) is 29.1 Å². The van der Waals surface area contributed by atoms with Crippen LogP contribution in [0.3, 0.4) is 0 Å². The monoisotopic (exact) mass is 246 g/mol. The highest BCUT2D eigenvalue weighted by Crippen LogP contribution is 2.32. The van der Waals surface area contributed by atoms with E-state index >= 15 is 0 Å². The molecule has 1 unspecified atom stereocenters. The summed E-state index contributed by atoms with van der Waals surface area (Å²) in [4.78, 5) is 5.15. The molecular formula is C13H14N2OS. The van der Waals surface area contributed by atoms with Gasteiger partial charge in [0, 0.05) is 35.3 Å². The van der Waals surface area contributed by atoms with Crippen LogP contribution in [0.2, 0.25) is 0 Å². The van der Waals surface area contributed by atoms with E-state index < -0.39 is 6.10 Å². The SMILES string of the molecule is OC(Cc1cncs1)c1cccc2c1NCC2. The summed E-state index contributed by atoms with van der Waals surface area (Å²) in [6.07, 6.45) is 3.07. The van der Waals surface area contributed by atoms with Gasteiger partial charge >= 0.3 is 0 Å². The van der Waals surface area contributed by atoms with Crippen molar-refractivity contribution in [3.8, 4) is 0 Å². The molecule has 1 aromatic carbocycles. The van der Waals surface area contributed by atoms with Gasteiger partial charge in [0.1, 0.15) is 0 Å². The maximum atomic E-state index is 10.3. The van der Waals surface area contributed by atoms with Gasteiger partial charge in [-0.1, -0.05) is 18.2 Å². The van der Waals surface area contributed by atoms with Gasteiger partial charge in [-0.15, -0.1) is 11.3 Å². The summed E-state index contributed by atoms with van der Waals surface area (Å²) < 4.78 is 0. The van der Waals surface area contributed by atoms with Gasteiger partial charge in [-0.25, -0.2) is 0 Å². The first-order valence-electron chi connectivity index (χ1n) is 5.75. The number of hydrogen-bond donors (Lipinski definition) is 2. The van der Waals surface area contributed by atoms with Crippen LogP contribution >= 0.6 is 11.3 Å². The predicted molar refractivity (Wildman–Crippen MR) is 69.4 cm³/mol. The van der Waals surface area contributed by atoms with Crippen LogP contribution in [0, 0.1) is 0 Å². The Morgan fingerprint density at radius 3 is 3.24 bits per heavy atom. The van der Waals surface area contributed by atoms with Crippen molar-refractivity contribution in [2.45, 2.75) is 18.9 Å². The van der Waals surface area contributed by atoms with Crippen molar-refractivity contribution in [2.75, 3.05) is 11.9 Å². The zero-order valence-electron chi connectivity index (χ0n) is 9.39. The minimum absolute atomic E-state index is 0.448. The van der Waals surface area contributed by atoms with E-state index in [1.54, 1.807) is 16.8 Å². The van der Waals surface area contributed by atoms with Crippen LogP contribution in [0.5, 0.6) is 0 Å². The maximum Gasteiger partial charge on any atom is 0.0858 e. The van der Waals surface area contributed by atoms with E-state index in [4.69, 9.17) is 0 Å². The summed E-state index contributed by atoms with van der Waals surface area (Å²) in [5.41, 5.74) is 5.25. The molecule has 0 amide bonds. The van der Waals surface area contributed by atoms with Crippen LogP contribution in [0.1, 0.15) is 22.1 Å². The van der Waals surface area contributed by atoms with E-state index in [1.165, 1.54) is 5.56 Å². The third-order valence-corrected chi connectivity index (χ3v) is 3.92. The normalized spacial score (nSPS) is 15.4. The highest BCUT2D eigenvalue weighted by molar-refractivity contribution is 7.09. The van der Waals surface area contributed by atoms with Gasteiger partial charge in [0.05, 0.1) is 11.6 Å². The lowest BCUT2D eigenvalue weighted by Crippen LogP contribution is -2.04. The summed E-state index contributed by atoms with van der Waals surface area (Å²) in [6, 6.07) is 6.15. The predicted octanol–water partition coefficient (Wildman–Crippen LogP) is 2.39. The van der Waals surface area contributed by atoms with Crippen LogP contribution in [0.4, 0.5) is 5.69 Å². The Kier molecular flexibility index (Phi) is 2.82. The fraction of sp³-hybridized carbons (Fsp3) is 0.308. The molecule has 2 aromatic rings. The Bertz CT molecular complexity index is 510. The smallest absolute Gasteiger partial charge is 0.0858 e. The third-order valence-electron chi connectivity index (χ3n) is 3.12. The average Bonchev–Trinajstić information content (AvgIpc) is 2.97. The van der Waals surface area contributed by atoms with E-state index in [0.29, 0.717) is 6.42 Å². The average molecular weight is 246 g/mol. The number of anilines is 1. The molecule has 88 valence electrons. The van der Waals surface area contributed by atoms with Crippen molar-refractivity contribution < 1.29 is 5.11 Å². The molecule has 0 saturated heterocycles. The summed E-state index contributed by atoms with van der Waals surface area (Å²) in [5.74, 6) is 0. The topological polar surface area (TPSA) is 45.2 Å². The molecule has 2 N–H and O–H groups in total. The fourth-order valence-electron chi connectivity index (χ4n) is 2.29. The highest BCUT2D eigenvalue weighted by Gasteiger charge is 2.19. The number of para-hydroxylation sites is 1. The van der Waals surface area contributed by atoms with Gasteiger partial charge in [-0.05, 0) is 12.0 Å². The zero-order valence-corrected chi connectivity index (χ0v) is 10.2. The molecule has 1 aliphatic rings. The number of nitrogens with zero attached hydrogens (tertiary/aromatic N) is 1. The number of hydrogen-bond acceptors (Lipinski definition) is 4. The molecule has 1 atom stereocenters. The van der Waals surface area contributed by atoms with Gasteiger partial charge in [0.2, 0.25) is 0 Å². The summed E-state index contributed by atoms with van der Waals surface area (Å²) >= 11 is 1.59. The van der Waals surface area contributed by atoms with Gasteiger partial charge in [0.25, 0.3) is 0 Å². The summed E-state index contributed by atoms with van der Waals surface area (Å²) in [6.45, 7) is 0.972. The van der Waals surface area contributed by atoms with E-state index in [2.05, 4.69) is 16.4 Å². The van der Waals surface area contributed by atoms with Crippen molar-refractivity contribution in [3.63, 3.8) is 0 Å². The van der Waals surface area contributed by atoms with Gasteiger partial charge in [-0.3, -0.25) is 4.98 Å². The lowest BCUT2D eigenvalue weighted by molar-refractivity contribution is 0.180. The second-order valence-corrected chi connectivity index (χ2v) is 5.22. The molecule has 0 spiro atoms. The molecule has 0 fully saturated rings. The fourth-order valence-corrected chi connectivity index (χ4v) is 2.92. The van der Waals surface area contributed by atoms with Crippen LogP contribution in [-0.2, 0) is 12.8 Å². The lowest BCUT2D eigenvalue weighted by atomic mass is 10.0. The molecule has 0 saturated carbocycles. The molecule has 3 rings (SSSR count). The van der Waals surface area contributed by atoms with Crippen LogP contribution in [0.15, 0.2) is 29.9 Å². The van der Waals surface area contributed by atoms with E-state index in [-0.39, 0.29) is 0 Å². The van der Waals surface area contributed by atoms with Crippen LogP contribution in [-0.4, -0.2) is 16.6 Å². The number of nitrogens with one attached hydrogen (secondary N) is 1. The number of thiazole rings is 1. The largest absolute Gasteiger partial charge is 0.388 e. The Hall–Kier alpha value is -1.39. The van der Waals surface area contributed by atoms with Crippen LogP contribution < -0.4 is 5.32 Å². The number of fused-ring (bicyclic) bond motifs is 1. The summed E-state index contributed by atoms with van der Waals surface area (Å²) in [7, 11) is 0. The van der Waals surface area contributed by atoms with Crippen molar-refractivity contribution in [2.24, 2.45) is 0 Å². The molecule has 17 heavy (non-hydrogen) atoms. The van der Waals surface area contributed by atoms with Crippen LogP contribution in [0.25, 0.3) is 0 Å². The van der Waals surface area contributed by atoms with E-state index in [9.17, 15) is 5.11 Å². The molecule has 4 heteroatoms. The molecule has 0 aliphatic carbocycles. The van der Waals surface area contributed by atoms with Crippen molar-refractivity contribution in [1.29, 1.82) is 0 Å². The Morgan fingerprint density at radius 1 is 1.47 bits per heavy atom. The number of rotatable bonds is 3. The Morgan fingerprint density at radius 2 is 2.41 bits per heavy atom. The minimum Gasteiger partial charge on any atom is -0.388 e. The Balaban J connectivity index is 1.86.